The van der Waals surface area contributed by atoms with Gasteiger partial charge in [0.25, 0.3) is 0 Å². The van der Waals surface area contributed by atoms with E-state index in [1.165, 1.54) is 0 Å². The summed E-state index contributed by atoms with van der Waals surface area (Å²) in [6.07, 6.45) is 1.70. The third kappa shape index (κ3) is 5.05. The molecule has 0 aliphatic heterocycles. The molecule has 6 heteroatoms. The van der Waals surface area contributed by atoms with Gasteiger partial charge in [0.05, 0.1) is 12.3 Å². The zero-order valence-electron chi connectivity index (χ0n) is 16.6. The second-order valence-corrected chi connectivity index (χ2v) is 6.38. The van der Waals surface area contributed by atoms with Crippen LogP contribution < -0.4 is 20.1 Å². The van der Waals surface area contributed by atoms with Crippen LogP contribution in [0, 0.1) is 0 Å². The fourth-order valence-electron chi connectivity index (χ4n) is 2.84. The normalized spacial score (nSPS) is 10.3. The van der Waals surface area contributed by atoms with Crippen LogP contribution in [0.15, 0.2) is 91.1 Å². The molecule has 3 aromatic carbocycles. The van der Waals surface area contributed by atoms with E-state index >= 15 is 0 Å². The van der Waals surface area contributed by atoms with Crippen molar-refractivity contribution in [2.45, 2.75) is 6.92 Å². The fraction of sp³-hybridized carbons (Fsp3) is 0.0833. The minimum Gasteiger partial charge on any atom is -0.492 e. The van der Waals surface area contributed by atoms with Gasteiger partial charge in [-0.25, -0.2) is 4.98 Å². The molecule has 0 unspecified atom stereocenters. The maximum Gasteiger partial charge on any atom is 0.229 e. The number of nitrogens with zero attached hydrogens (tertiary/aromatic N) is 2. The Morgan fingerprint density at radius 3 is 2.30 bits per heavy atom. The van der Waals surface area contributed by atoms with Crippen molar-refractivity contribution in [1.82, 2.24) is 9.97 Å². The van der Waals surface area contributed by atoms with Gasteiger partial charge in [0.1, 0.15) is 23.1 Å². The lowest BCUT2D eigenvalue weighted by Crippen LogP contribution is -2.02. The van der Waals surface area contributed by atoms with Gasteiger partial charge in [0.15, 0.2) is 0 Å². The highest BCUT2D eigenvalue weighted by molar-refractivity contribution is 5.64. The Bertz CT molecular complexity index is 1090. The molecule has 0 saturated carbocycles. The lowest BCUT2D eigenvalue weighted by Gasteiger charge is -2.12. The maximum atomic E-state index is 5.82. The minimum atomic E-state index is 0.483. The van der Waals surface area contributed by atoms with Crippen LogP contribution in [-0.2, 0) is 0 Å². The molecule has 30 heavy (non-hydrogen) atoms. The number of anilines is 4. The van der Waals surface area contributed by atoms with Gasteiger partial charge in [0.2, 0.25) is 5.95 Å². The molecule has 0 aliphatic rings. The Labute approximate surface area is 175 Å². The number of hydrogen-bond acceptors (Lipinski definition) is 6. The molecule has 1 heterocycles. The SMILES string of the molecule is CCOc1ccccc1Nc1nccc(Nc2ccc(Oc3ccccc3)cc2)n1. The third-order valence-corrected chi connectivity index (χ3v) is 4.19. The molecule has 1 aromatic heterocycles. The molecule has 6 nitrogen and oxygen atoms in total. The van der Waals surface area contributed by atoms with Gasteiger partial charge in [-0.05, 0) is 61.5 Å². The molecule has 0 amide bonds. The number of rotatable bonds is 8. The zero-order chi connectivity index (χ0) is 20.6. The van der Waals surface area contributed by atoms with Crippen LogP contribution in [0.1, 0.15) is 6.92 Å². The summed E-state index contributed by atoms with van der Waals surface area (Å²) >= 11 is 0. The van der Waals surface area contributed by atoms with Crippen LogP contribution in [0.2, 0.25) is 0 Å². The fourth-order valence-corrected chi connectivity index (χ4v) is 2.84. The van der Waals surface area contributed by atoms with Gasteiger partial charge in [-0.3, -0.25) is 0 Å². The summed E-state index contributed by atoms with van der Waals surface area (Å²) in [5.74, 6) is 3.49. The van der Waals surface area contributed by atoms with E-state index in [1.807, 2.05) is 91.9 Å². The Morgan fingerprint density at radius 2 is 1.50 bits per heavy atom. The number of nitrogens with one attached hydrogen (secondary N) is 2. The van der Waals surface area contributed by atoms with E-state index in [0.29, 0.717) is 18.4 Å². The molecule has 150 valence electrons. The predicted octanol–water partition coefficient (Wildman–Crippen LogP) is 6.15. The van der Waals surface area contributed by atoms with E-state index in [9.17, 15) is 0 Å². The Morgan fingerprint density at radius 1 is 0.767 bits per heavy atom. The molecule has 2 N–H and O–H groups in total. The minimum absolute atomic E-state index is 0.483. The third-order valence-electron chi connectivity index (χ3n) is 4.19. The highest BCUT2D eigenvalue weighted by Gasteiger charge is 2.06. The number of hydrogen-bond donors (Lipinski definition) is 2. The molecule has 4 rings (SSSR count). The highest BCUT2D eigenvalue weighted by Crippen LogP contribution is 2.27. The van der Waals surface area contributed by atoms with E-state index in [2.05, 4.69) is 20.6 Å². The first-order valence-electron chi connectivity index (χ1n) is 9.72. The lowest BCUT2D eigenvalue weighted by atomic mass is 10.3. The molecule has 0 fully saturated rings. The molecular formula is C24H22N4O2. The molecule has 0 spiro atoms. The molecule has 0 bridgehead atoms. The van der Waals surface area contributed by atoms with Crippen LogP contribution in [0.5, 0.6) is 17.2 Å². The van der Waals surface area contributed by atoms with E-state index < -0.39 is 0 Å². The standard InChI is InChI=1S/C24H22N4O2/c1-2-29-22-11-7-6-10-21(22)27-24-25-17-16-23(28-24)26-18-12-14-20(15-13-18)30-19-8-4-3-5-9-19/h3-17H,2H2,1H3,(H2,25,26,27,28). The van der Waals surface area contributed by atoms with Gasteiger partial charge in [-0.1, -0.05) is 30.3 Å². The quantitative estimate of drug-likeness (QED) is 0.371. The van der Waals surface area contributed by atoms with Crippen molar-refractivity contribution >= 4 is 23.1 Å². The van der Waals surface area contributed by atoms with Crippen molar-refractivity contribution in [2.24, 2.45) is 0 Å². The largest absolute Gasteiger partial charge is 0.492 e. The van der Waals surface area contributed by atoms with E-state index in [-0.39, 0.29) is 0 Å². The average Bonchev–Trinajstić information content (AvgIpc) is 2.78. The summed E-state index contributed by atoms with van der Waals surface area (Å²) in [7, 11) is 0. The molecule has 0 aliphatic carbocycles. The van der Waals surface area contributed by atoms with Crippen molar-refractivity contribution in [1.29, 1.82) is 0 Å². The number of para-hydroxylation sites is 3. The predicted molar refractivity (Wildman–Crippen MR) is 119 cm³/mol. The van der Waals surface area contributed by atoms with Gasteiger partial charge in [-0.2, -0.15) is 4.98 Å². The molecule has 0 atom stereocenters. The van der Waals surface area contributed by atoms with Crippen LogP contribution in [0.3, 0.4) is 0 Å². The summed E-state index contributed by atoms with van der Waals surface area (Å²) in [5.41, 5.74) is 1.72. The molecule has 4 aromatic rings. The first kappa shape index (κ1) is 19.3. The summed E-state index contributed by atoms with van der Waals surface area (Å²) in [6, 6.07) is 26.9. The maximum absolute atomic E-state index is 5.82. The topological polar surface area (TPSA) is 68.3 Å². The van der Waals surface area contributed by atoms with Gasteiger partial charge >= 0.3 is 0 Å². The van der Waals surface area contributed by atoms with Crippen LogP contribution in [0.25, 0.3) is 0 Å². The molecule has 0 radical (unpaired) electrons. The second-order valence-electron chi connectivity index (χ2n) is 6.38. The van der Waals surface area contributed by atoms with Crippen molar-refractivity contribution in [2.75, 3.05) is 17.2 Å². The summed E-state index contributed by atoms with van der Waals surface area (Å²) in [5, 5.41) is 6.50. The lowest BCUT2D eigenvalue weighted by molar-refractivity contribution is 0.342. The second kappa shape index (κ2) is 9.43. The highest BCUT2D eigenvalue weighted by atomic mass is 16.5. The van der Waals surface area contributed by atoms with Crippen LogP contribution >= 0.6 is 0 Å². The average molecular weight is 398 g/mol. The van der Waals surface area contributed by atoms with E-state index in [4.69, 9.17) is 9.47 Å². The number of benzene rings is 3. The molecular weight excluding hydrogens is 376 g/mol. The van der Waals surface area contributed by atoms with Crippen LogP contribution in [-0.4, -0.2) is 16.6 Å². The Hall–Kier alpha value is -4.06. The van der Waals surface area contributed by atoms with Crippen molar-refractivity contribution in [3.05, 3.63) is 91.1 Å². The Balaban J connectivity index is 1.43. The van der Waals surface area contributed by atoms with E-state index in [1.54, 1.807) is 6.20 Å². The van der Waals surface area contributed by atoms with E-state index in [0.717, 1.165) is 28.6 Å². The summed E-state index contributed by atoms with van der Waals surface area (Å²) < 4.78 is 11.5. The van der Waals surface area contributed by atoms with Crippen molar-refractivity contribution in [3.63, 3.8) is 0 Å². The smallest absolute Gasteiger partial charge is 0.229 e. The summed E-state index contributed by atoms with van der Waals surface area (Å²) in [4.78, 5) is 8.84. The van der Waals surface area contributed by atoms with Crippen LogP contribution in [0.4, 0.5) is 23.1 Å². The number of ether oxygens (including phenoxy) is 2. The number of aromatic nitrogens is 2. The zero-order valence-corrected chi connectivity index (χ0v) is 16.6. The van der Waals surface area contributed by atoms with Gasteiger partial charge in [0, 0.05) is 11.9 Å². The first-order chi connectivity index (χ1) is 14.8. The van der Waals surface area contributed by atoms with Gasteiger partial charge < -0.3 is 20.1 Å². The van der Waals surface area contributed by atoms with Crippen molar-refractivity contribution in [3.8, 4) is 17.2 Å². The first-order valence-corrected chi connectivity index (χ1v) is 9.72. The Kier molecular flexibility index (Phi) is 6.05. The summed E-state index contributed by atoms with van der Waals surface area (Å²) in [6.45, 7) is 2.54. The van der Waals surface area contributed by atoms with Gasteiger partial charge in [-0.15, -0.1) is 0 Å². The van der Waals surface area contributed by atoms with Crippen molar-refractivity contribution < 1.29 is 9.47 Å². The molecule has 0 saturated heterocycles. The monoisotopic (exact) mass is 398 g/mol.